The molecule has 0 saturated carbocycles. The predicted octanol–water partition coefficient (Wildman–Crippen LogP) is 3.36. The van der Waals surface area contributed by atoms with Crippen molar-refractivity contribution in [1.29, 1.82) is 0 Å². The predicted molar refractivity (Wildman–Crippen MR) is 82.0 cm³/mol. The number of hydrogen-bond donors (Lipinski definition) is 1. The third kappa shape index (κ3) is 6.23. The number of esters is 1. The molecule has 1 aromatic rings. The summed E-state index contributed by atoms with van der Waals surface area (Å²) in [4.78, 5) is 11.7. The minimum atomic E-state index is -0.501. The molecule has 108 valence electrons. The molecule has 3 heteroatoms. The molecular formula is C17H23NO2. The maximum atomic E-state index is 11.7. The van der Waals surface area contributed by atoms with E-state index in [1.54, 1.807) is 0 Å². The van der Waals surface area contributed by atoms with Crippen LogP contribution in [0.25, 0.3) is 0 Å². The molecule has 0 radical (unpaired) electrons. The number of carbonyl (C=O) groups excluding carboxylic acids is 1. The van der Waals surface area contributed by atoms with Crippen LogP contribution in [0.4, 0.5) is 0 Å². The van der Waals surface area contributed by atoms with Crippen molar-refractivity contribution in [2.45, 2.75) is 39.2 Å². The summed E-state index contributed by atoms with van der Waals surface area (Å²) in [6, 6.07) is 9.95. The molecule has 20 heavy (non-hydrogen) atoms. The van der Waals surface area contributed by atoms with Crippen LogP contribution in [0.5, 0.6) is 0 Å². The van der Waals surface area contributed by atoms with E-state index in [9.17, 15) is 4.79 Å². The summed E-state index contributed by atoms with van der Waals surface area (Å²) in [5.41, 5.74) is 7.73. The minimum absolute atomic E-state index is 0.374. The quantitative estimate of drug-likeness (QED) is 0.661. The Labute approximate surface area is 121 Å². The molecule has 0 unspecified atom stereocenters. The Hall–Kier alpha value is -2.03. The molecule has 3 nitrogen and oxygen atoms in total. The zero-order chi connectivity index (χ0) is 15.2. The topological polar surface area (TPSA) is 52.3 Å². The molecule has 0 fully saturated rings. The lowest BCUT2D eigenvalue weighted by molar-refractivity contribution is -0.149. The van der Waals surface area contributed by atoms with Crippen LogP contribution in [-0.4, -0.2) is 11.6 Å². The van der Waals surface area contributed by atoms with E-state index in [0.29, 0.717) is 18.4 Å². The average Bonchev–Trinajstić information content (AvgIpc) is 2.35. The standard InChI is InChI=1S/C17H23NO2/c1-13(16(19)20-17(2,3)4)10-11-15(18)12-14-8-6-5-7-9-14/h5-9,11H,1,10,12,18H2,2-4H3. The highest BCUT2D eigenvalue weighted by atomic mass is 16.6. The molecule has 1 aromatic carbocycles. The van der Waals surface area contributed by atoms with Gasteiger partial charge in [0.05, 0.1) is 0 Å². The molecule has 0 spiro atoms. The Balaban J connectivity index is 2.50. The van der Waals surface area contributed by atoms with E-state index < -0.39 is 5.60 Å². The zero-order valence-electron chi connectivity index (χ0n) is 12.5. The van der Waals surface area contributed by atoms with Crippen molar-refractivity contribution in [3.05, 3.63) is 59.8 Å². The van der Waals surface area contributed by atoms with Crippen LogP contribution in [0.1, 0.15) is 32.8 Å². The second kappa shape index (κ2) is 6.94. The first kappa shape index (κ1) is 16.0. The van der Waals surface area contributed by atoms with E-state index in [-0.39, 0.29) is 5.97 Å². The van der Waals surface area contributed by atoms with Crippen LogP contribution >= 0.6 is 0 Å². The van der Waals surface area contributed by atoms with Crippen molar-refractivity contribution in [2.24, 2.45) is 5.73 Å². The lowest BCUT2D eigenvalue weighted by atomic mass is 10.1. The smallest absolute Gasteiger partial charge is 0.334 e. The molecular weight excluding hydrogens is 250 g/mol. The molecule has 0 heterocycles. The van der Waals surface area contributed by atoms with Gasteiger partial charge in [0, 0.05) is 17.7 Å². The van der Waals surface area contributed by atoms with Gasteiger partial charge in [0.1, 0.15) is 5.60 Å². The zero-order valence-corrected chi connectivity index (χ0v) is 12.5. The maximum Gasteiger partial charge on any atom is 0.334 e. The second-order valence-corrected chi connectivity index (χ2v) is 5.75. The highest BCUT2D eigenvalue weighted by Crippen LogP contribution is 2.13. The second-order valence-electron chi connectivity index (χ2n) is 5.75. The lowest BCUT2D eigenvalue weighted by Crippen LogP contribution is -2.24. The van der Waals surface area contributed by atoms with Gasteiger partial charge in [-0.2, -0.15) is 0 Å². The summed E-state index contributed by atoms with van der Waals surface area (Å²) in [5, 5.41) is 0. The number of carbonyl (C=O) groups is 1. The monoisotopic (exact) mass is 273 g/mol. The summed E-state index contributed by atoms with van der Waals surface area (Å²) < 4.78 is 5.24. The average molecular weight is 273 g/mol. The first-order valence-electron chi connectivity index (χ1n) is 6.67. The number of hydrogen-bond acceptors (Lipinski definition) is 3. The SMILES string of the molecule is C=C(CC=C(N)Cc1ccccc1)C(=O)OC(C)(C)C. The Morgan fingerprint density at radius 2 is 1.90 bits per heavy atom. The fraction of sp³-hybridized carbons (Fsp3) is 0.353. The Morgan fingerprint density at radius 3 is 2.45 bits per heavy atom. The van der Waals surface area contributed by atoms with E-state index >= 15 is 0 Å². The van der Waals surface area contributed by atoms with Crippen LogP contribution in [-0.2, 0) is 16.0 Å². The molecule has 0 aliphatic carbocycles. The van der Waals surface area contributed by atoms with Gasteiger partial charge in [-0.3, -0.25) is 0 Å². The molecule has 0 bridgehead atoms. The highest BCUT2D eigenvalue weighted by molar-refractivity contribution is 5.88. The summed E-state index contributed by atoms with van der Waals surface area (Å²) in [6.07, 6.45) is 2.90. The molecule has 0 saturated heterocycles. The van der Waals surface area contributed by atoms with Gasteiger partial charge < -0.3 is 10.5 Å². The van der Waals surface area contributed by atoms with Gasteiger partial charge in [0.2, 0.25) is 0 Å². The van der Waals surface area contributed by atoms with Crippen molar-refractivity contribution < 1.29 is 9.53 Å². The molecule has 0 atom stereocenters. The minimum Gasteiger partial charge on any atom is -0.457 e. The molecule has 0 aliphatic heterocycles. The molecule has 0 aliphatic rings. The fourth-order valence-corrected chi connectivity index (χ4v) is 1.59. The summed E-state index contributed by atoms with van der Waals surface area (Å²) >= 11 is 0. The van der Waals surface area contributed by atoms with Gasteiger partial charge in [-0.15, -0.1) is 0 Å². The molecule has 0 amide bonds. The normalized spacial score (nSPS) is 12.1. The van der Waals surface area contributed by atoms with E-state index in [4.69, 9.17) is 10.5 Å². The largest absolute Gasteiger partial charge is 0.457 e. The maximum absolute atomic E-state index is 11.7. The van der Waals surface area contributed by atoms with Gasteiger partial charge in [-0.25, -0.2) is 4.79 Å². The van der Waals surface area contributed by atoms with Crippen molar-refractivity contribution in [1.82, 2.24) is 0 Å². The van der Waals surface area contributed by atoms with E-state index in [2.05, 4.69) is 6.58 Å². The van der Waals surface area contributed by atoms with Crippen LogP contribution in [0, 0.1) is 0 Å². The number of ether oxygens (including phenoxy) is 1. The molecule has 1 rings (SSSR count). The molecule has 0 aromatic heterocycles. The Bertz CT molecular complexity index is 495. The third-order valence-corrected chi connectivity index (χ3v) is 2.55. The van der Waals surface area contributed by atoms with Crippen molar-refractivity contribution >= 4 is 5.97 Å². The van der Waals surface area contributed by atoms with Gasteiger partial charge >= 0.3 is 5.97 Å². The number of nitrogens with two attached hydrogens (primary N) is 1. The van der Waals surface area contributed by atoms with Gasteiger partial charge in [0.25, 0.3) is 0 Å². The number of allylic oxidation sites excluding steroid dienone is 2. The van der Waals surface area contributed by atoms with Crippen LogP contribution < -0.4 is 5.73 Å². The summed E-state index contributed by atoms with van der Waals surface area (Å²) in [7, 11) is 0. The molecule has 2 N–H and O–H groups in total. The van der Waals surface area contributed by atoms with E-state index in [1.165, 1.54) is 0 Å². The van der Waals surface area contributed by atoms with Crippen molar-refractivity contribution in [3.63, 3.8) is 0 Å². The van der Waals surface area contributed by atoms with E-state index in [0.717, 1.165) is 11.3 Å². The summed E-state index contributed by atoms with van der Waals surface area (Å²) in [5.74, 6) is -0.374. The van der Waals surface area contributed by atoms with Gasteiger partial charge in [0.15, 0.2) is 0 Å². The van der Waals surface area contributed by atoms with Crippen molar-refractivity contribution in [2.75, 3.05) is 0 Å². The summed E-state index contributed by atoms with van der Waals surface area (Å²) in [6.45, 7) is 9.24. The van der Waals surface area contributed by atoms with Crippen LogP contribution in [0.2, 0.25) is 0 Å². The first-order valence-corrected chi connectivity index (χ1v) is 6.67. The highest BCUT2D eigenvalue weighted by Gasteiger charge is 2.17. The van der Waals surface area contributed by atoms with Crippen molar-refractivity contribution in [3.8, 4) is 0 Å². The number of rotatable bonds is 5. The Morgan fingerprint density at radius 1 is 1.30 bits per heavy atom. The van der Waals surface area contributed by atoms with Gasteiger partial charge in [-0.05, 0) is 32.8 Å². The van der Waals surface area contributed by atoms with Gasteiger partial charge in [-0.1, -0.05) is 43.0 Å². The lowest BCUT2D eigenvalue weighted by Gasteiger charge is -2.19. The number of benzene rings is 1. The Kier molecular flexibility index (Phi) is 5.56. The third-order valence-electron chi connectivity index (χ3n) is 2.55. The fourth-order valence-electron chi connectivity index (χ4n) is 1.59. The first-order chi connectivity index (χ1) is 9.28. The van der Waals surface area contributed by atoms with E-state index in [1.807, 2.05) is 57.2 Å². The van der Waals surface area contributed by atoms with Crippen LogP contribution in [0.15, 0.2) is 54.3 Å². The van der Waals surface area contributed by atoms with Crippen LogP contribution in [0.3, 0.4) is 0 Å².